The molecule has 3 heteroatoms. The van der Waals surface area contributed by atoms with Gasteiger partial charge in [0.15, 0.2) is 0 Å². The molecule has 3 N–H and O–H groups in total. The molecule has 0 aromatic carbocycles. The topological polar surface area (TPSA) is 36.1 Å². The van der Waals surface area contributed by atoms with Crippen LogP contribution >= 0.6 is 0 Å². The highest BCUT2D eigenvalue weighted by molar-refractivity contribution is 5.17. The molecule has 4 unspecified atom stereocenters. The van der Waals surface area contributed by atoms with Crippen molar-refractivity contribution in [1.29, 1.82) is 0 Å². The van der Waals surface area contributed by atoms with E-state index in [2.05, 4.69) is 110 Å². The van der Waals surface area contributed by atoms with Gasteiger partial charge in [0.2, 0.25) is 0 Å². The molecule has 0 aromatic heterocycles. The Bertz CT molecular complexity index is 796. The van der Waals surface area contributed by atoms with E-state index in [1.54, 1.807) is 0 Å². The van der Waals surface area contributed by atoms with Gasteiger partial charge in [-0.1, -0.05) is 109 Å². The fourth-order valence-electron chi connectivity index (χ4n) is 3.76. The second-order valence-electron chi connectivity index (χ2n) is 10.2. The summed E-state index contributed by atoms with van der Waals surface area (Å²) in [6.07, 6.45) is 9.14. The zero-order valence-corrected chi connectivity index (χ0v) is 26.9. The largest absolute Gasteiger partial charge is 0.382 e. The van der Waals surface area contributed by atoms with Gasteiger partial charge in [-0.15, -0.1) is 0 Å². The van der Waals surface area contributed by atoms with E-state index in [0.29, 0.717) is 24.0 Å². The molecule has 0 saturated carbocycles. The minimum absolute atomic E-state index is 0.339. The number of rotatable bonds is 17. The molecule has 0 radical (unpaired) electrons. The standard InChI is InChI=1S/C14H25N.C11H19N.C10H19N/c1-8-13(10(3)4)12(7)15-14(9-2)11(5)6;1-6-8-10(5)12-11(7-2)9(3)4;1-6-9(5)11-10(7-2)8(3)4/h13-15H,3,5,7-9H2,1-2,4,6H3;6,8,11-12H,3,5,7H2,1-2,4H3;10-11H,3,5-7H2,1-2,4H3/b;8-6+;. The van der Waals surface area contributed by atoms with Crippen LogP contribution in [0.3, 0.4) is 0 Å². The van der Waals surface area contributed by atoms with Crippen molar-refractivity contribution in [3.8, 4) is 0 Å². The van der Waals surface area contributed by atoms with Crippen LogP contribution in [0.15, 0.2) is 97.6 Å². The third-order valence-electron chi connectivity index (χ3n) is 6.33. The summed E-state index contributed by atoms with van der Waals surface area (Å²) in [6, 6.07) is 1.10. The van der Waals surface area contributed by atoms with E-state index in [1.807, 2.05) is 32.9 Å². The summed E-state index contributed by atoms with van der Waals surface area (Å²) in [7, 11) is 0. The predicted octanol–water partition coefficient (Wildman–Crippen LogP) is 9.92. The Hall–Kier alpha value is -2.68. The fraction of sp³-hybridized carbons (Fsp3) is 0.543. The van der Waals surface area contributed by atoms with Crippen LogP contribution in [0, 0.1) is 5.92 Å². The molecule has 0 aromatic rings. The first-order chi connectivity index (χ1) is 17.7. The van der Waals surface area contributed by atoms with Crippen LogP contribution < -0.4 is 16.0 Å². The maximum atomic E-state index is 4.10. The number of nitrogens with one attached hydrogen (secondary N) is 3. The van der Waals surface area contributed by atoms with Crippen molar-refractivity contribution in [3.63, 3.8) is 0 Å². The Balaban J connectivity index is -0.000000491. The van der Waals surface area contributed by atoms with E-state index in [-0.39, 0.29) is 0 Å². The number of allylic oxidation sites excluding steroid dienone is 4. The molecule has 0 fully saturated rings. The highest BCUT2D eigenvalue weighted by Gasteiger charge is 2.14. The van der Waals surface area contributed by atoms with Crippen LogP contribution in [-0.4, -0.2) is 18.1 Å². The Morgan fingerprint density at radius 2 is 0.974 bits per heavy atom. The van der Waals surface area contributed by atoms with Crippen LogP contribution in [0.5, 0.6) is 0 Å². The van der Waals surface area contributed by atoms with Crippen LogP contribution in [0.25, 0.3) is 0 Å². The molecular formula is C35H63N3. The SMILES string of the molecule is C=C(/C=C/C)NC(CC)C(=C)C.C=C(C)C(CC)NC(=C)C(CC)C(=C)C.C=C(CC)NC(CC)C(=C)C. The Morgan fingerprint density at radius 1 is 0.579 bits per heavy atom. The average molecular weight is 526 g/mol. The highest BCUT2D eigenvalue weighted by atomic mass is 14.9. The predicted molar refractivity (Wildman–Crippen MR) is 177 cm³/mol. The lowest BCUT2D eigenvalue weighted by molar-refractivity contribution is 0.548. The Morgan fingerprint density at radius 3 is 1.26 bits per heavy atom. The minimum Gasteiger partial charge on any atom is -0.382 e. The molecule has 0 bridgehead atoms. The second kappa shape index (κ2) is 23.4. The average Bonchev–Trinajstić information content (AvgIpc) is 2.84. The normalized spacial score (nSPS) is 13.2. The monoisotopic (exact) mass is 526 g/mol. The smallest absolute Gasteiger partial charge is 0.0465 e. The molecule has 0 saturated heterocycles. The molecule has 4 atom stereocenters. The van der Waals surface area contributed by atoms with Crippen molar-refractivity contribution in [2.24, 2.45) is 5.92 Å². The minimum atomic E-state index is 0.339. The molecule has 218 valence electrons. The molecule has 0 amide bonds. The lowest BCUT2D eigenvalue weighted by Gasteiger charge is -2.25. The molecule has 0 spiro atoms. The van der Waals surface area contributed by atoms with Crippen LogP contribution in [0.1, 0.15) is 101 Å². The summed E-state index contributed by atoms with van der Waals surface area (Å²) in [5.74, 6) is 0.374. The van der Waals surface area contributed by atoms with Gasteiger partial charge >= 0.3 is 0 Å². The van der Waals surface area contributed by atoms with E-state index in [9.17, 15) is 0 Å². The van der Waals surface area contributed by atoms with Crippen molar-refractivity contribution in [2.75, 3.05) is 0 Å². The Kier molecular flexibility index (Phi) is 24.6. The Labute approximate surface area is 238 Å². The summed E-state index contributed by atoms with van der Waals surface area (Å²) in [5, 5.41) is 10.1. The summed E-state index contributed by atoms with van der Waals surface area (Å²) >= 11 is 0. The molecule has 0 rings (SSSR count). The molecule has 3 nitrogen and oxygen atoms in total. The molecule has 0 aliphatic heterocycles. The lowest BCUT2D eigenvalue weighted by atomic mass is 9.94. The summed E-state index contributed by atoms with van der Waals surface area (Å²) < 4.78 is 0. The van der Waals surface area contributed by atoms with E-state index < -0.39 is 0 Å². The third-order valence-corrected chi connectivity index (χ3v) is 6.33. The molecule has 0 aliphatic rings. The van der Waals surface area contributed by atoms with Gasteiger partial charge in [0.25, 0.3) is 0 Å². The maximum absolute atomic E-state index is 4.10. The zero-order valence-electron chi connectivity index (χ0n) is 26.9. The van der Waals surface area contributed by atoms with E-state index in [0.717, 1.165) is 60.3 Å². The fourth-order valence-corrected chi connectivity index (χ4v) is 3.76. The van der Waals surface area contributed by atoms with Crippen LogP contribution in [0.2, 0.25) is 0 Å². The van der Waals surface area contributed by atoms with Crippen molar-refractivity contribution >= 4 is 0 Å². The van der Waals surface area contributed by atoms with Gasteiger partial charge < -0.3 is 16.0 Å². The number of hydrogen-bond donors (Lipinski definition) is 3. The maximum Gasteiger partial charge on any atom is 0.0465 e. The first-order valence-electron chi connectivity index (χ1n) is 14.3. The van der Waals surface area contributed by atoms with E-state index in [1.165, 1.54) is 11.1 Å². The first kappa shape index (κ1) is 39.8. The summed E-state index contributed by atoms with van der Waals surface area (Å²) in [6.45, 7) is 48.5. The van der Waals surface area contributed by atoms with Gasteiger partial charge in [-0.05, 0) is 72.8 Å². The first-order valence-corrected chi connectivity index (χ1v) is 14.3. The lowest BCUT2D eigenvalue weighted by Crippen LogP contribution is -2.31. The quantitative estimate of drug-likeness (QED) is 0.131. The van der Waals surface area contributed by atoms with Crippen LogP contribution in [-0.2, 0) is 0 Å². The van der Waals surface area contributed by atoms with Crippen molar-refractivity contribution in [3.05, 3.63) is 97.6 Å². The van der Waals surface area contributed by atoms with Gasteiger partial charge in [-0.2, -0.15) is 0 Å². The zero-order chi connectivity index (χ0) is 30.4. The van der Waals surface area contributed by atoms with Gasteiger partial charge in [0.1, 0.15) is 0 Å². The van der Waals surface area contributed by atoms with Gasteiger partial charge in [-0.3, -0.25) is 0 Å². The van der Waals surface area contributed by atoms with Crippen molar-refractivity contribution < 1.29 is 0 Å². The van der Waals surface area contributed by atoms with Crippen molar-refractivity contribution in [2.45, 2.75) is 119 Å². The second-order valence-corrected chi connectivity index (χ2v) is 10.2. The molecule has 38 heavy (non-hydrogen) atoms. The molecular weight excluding hydrogens is 462 g/mol. The van der Waals surface area contributed by atoms with Gasteiger partial charge in [-0.25, -0.2) is 0 Å². The van der Waals surface area contributed by atoms with E-state index >= 15 is 0 Å². The van der Waals surface area contributed by atoms with Gasteiger partial charge in [0, 0.05) is 41.1 Å². The molecule has 0 aliphatic carbocycles. The molecule has 0 heterocycles. The third kappa shape index (κ3) is 19.4. The van der Waals surface area contributed by atoms with Crippen LogP contribution in [0.4, 0.5) is 0 Å². The van der Waals surface area contributed by atoms with Gasteiger partial charge in [0.05, 0.1) is 0 Å². The van der Waals surface area contributed by atoms with E-state index in [4.69, 9.17) is 0 Å². The highest BCUT2D eigenvalue weighted by Crippen LogP contribution is 2.20. The van der Waals surface area contributed by atoms with Crippen molar-refractivity contribution in [1.82, 2.24) is 16.0 Å². The number of hydrogen-bond acceptors (Lipinski definition) is 3. The summed E-state index contributed by atoms with van der Waals surface area (Å²) in [5.41, 5.74) is 7.79. The summed E-state index contributed by atoms with van der Waals surface area (Å²) in [4.78, 5) is 0.